The third-order valence-corrected chi connectivity index (χ3v) is 2.73. The van der Waals surface area contributed by atoms with Crippen molar-refractivity contribution in [2.45, 2.75) is 44.8 Å². The van der Waals surface area contributed by atoms with E-state index in [1.165, 1.54) is 0 Å². The fourth-order valence-corrected chi connectivity index (χ4v) is 2.00. The second-order valence-electron chi connectivity index (χ2n) is 5.40. The molecule has 1 fully saturated rings. The summed E-state index contributed by atoms with van der Waals surface area (Å²) in [5.74, 6) is 1.03. The number of carbonyl (C=O) groups is 1. The molecule has 1 saturated heterocycles. The summed E-state index contributed by atoms with van der Waals surface area (Å²) >= 11 is 0. The number of imidazole rings is 1. The molecule has 1 aromatic heterocycles. The number of carbonyl (C=O) groups excluding carboxylic acids is 1. The van der Waals surface area contributed by atoms with Gasteiger partial charge in [0.2, 0.25) is 0 Å². The average Bonchev–Trinajstić information content (AvgIpc) is 2.86. The monoisotopic (exact) mass is 237 g/mol. The first kappa shape index (κ1) is 12.1. The zero-order valence-electron chi connectivity index (χ0n) is 10.5. The number of ether oxygens (including phenoxy) is 1. The van der Waals surface area contributed by atoms with Gasteiger partial charge in [-0.25, -0.2) is 4.98 Å². The number of aromatic nitrogens is 2. The lowest BCUT2D eigenvalue weighted by atomic mass is 10.1. The molecule has 2 rings (SSSR count). The van der Waals surface area contributed by atoms with Crippen LogP contribution in [0.1, 0.15) is 38.9 Å². The predicted molar refractivity (Wildman–Crippen MR) is 63.6 cm³/mol. The highest BCUT2D eigenvalue weighted by atomic mass is 16.6. The lowest BCUT2D eigenvalue weighted by Crippen LogP contribution is -2.37. The molecule has 1 aromatic rings. The molecule has 0 aliphatic carbocycles. The summed E-state index contributed by atoms with van der Waals surface area (Å²) in [5.41, 5.74) is -0.429. The van der Waals surface area contributed by atoms with E-state index >= 15 is 0 Å². The Morgan fingerprint density at radius 3 is 2.88 bits per heavy atom. The van der Waals surface area contributed by atoms with Gasteiger partial charge in [0.15, 0.2) is 0 Å². The molecule has 5 nitrogen and oxygen atoms in total. The lowest BCUT2D eigenvalue weighted by Gasteiger charge is -2.22. The highest BCUT2D eigenvalue weighted by Crippen LogP contribution is 2.24. The van der Waals surface area contributed by atoms with Crippen LogP contribution in [0.2, 0.25) is 0 Å². The van der Waals surface area contributed by atoms with Crippen molar-refractivity contribution >= 4 is 5.97 Å². The molecule has 1 aliphatic rings. The van der Waals surface area contributed by atoms with E-state index in [2.05, 4.69) is 15.3 Å². The minimum atomic E-state index is -0.429. The van der Waals surface area contributed by atoms with Crippen LogP contribution < -0.4 is 5.32 Å². The Morgan fingerprint density at radius 2 is 2.29 bits per heavy atom. The van der Waals surface area contributed by atoms with Crippen LogP contribution in [0, 0.1) is 0 Å². The number of esters is 1. The highest BCUT2D eigenvalue weighted by Gasteiger charge is 2.34. The van der Waals surface area contributed by atoms with E-state index in [4.69, 9.17) is 4.74 Å². The first-order valence-electron chi connectivity index (χ1n) is 5.91. The average molecular weight is 237 g/mol. The molecule has 2 heterocycles. The zero-order chi connectivity index (χ0) is 12.5. The first-order chi connectivity index (χ1) is 7.96. The van der Waals surface area contributed by atoms with Gasteiger partial charge in [0.1, 0.15) is 17.5 Å². The predicted octanol–water partition coefficient (Wildman–Crippen LogP) is 1.20. The summed E-state index contributed by atoms with van der Waals surface area (Å²) in [6.45, 7) is 6.40. The quantitative estimate of drug-likeness (QED) is 0.758. The van der Waals surface area contributed by atoms with Gasteiger partial charge in [-0.3, -0.25) is 4.79 Å². The maximum Gasteiger partial charge on any atom is 0.323 e. The van der Waals surface area contributed by atoms with Crippen LogP contribution in [0.15, 0.2) is 12.4 Å². The molecule has 2 unspecified atom stereocenters. The van der Waals surface area contributed by atoms with Gasteiger partial charge in [-0.2, -0.15) is 0 Å². The van der Waals surface area contributed by atoms with E-state index in [0.29, 0.717) is 0 Å². The van der Waals surface area contributed by atoms with Crippen molar-refractivity contribution in [2.24, 2.45) is 0 Å². The van der Waals surface area contributed by atoms with Gasteiger partial charge in [0.25, 0.3) is 0 Å². The van der Waals surface area contributed by atoms with Gasteiger partial charge in [-0.15, -0.1) is 0 Å². The fourth-order valence-electron chi connectivity index (χ4n) is 2.00. The summed E-state index contributed by atoms with van der Waals surface area (Å²) in [6.07, 6.45) is 4.27. The van der Waals surface area contributed by atoms with Crippen molar-refractivity contribution < 1.29 is 9.53 Å². The van der Waals surface area contributed by atoms with Crippen molar-refractivity contribution in [2.75, 3.05) is 6.54 Å². The van der Waals surface area contributed by atoms with Crippen molar-refractivity contribution in [3.8, 4) is 0 Å². The summed E-state index contributed by atoms with van der Waals surface area (Å²) in [4.78, 5) is 19.2. The summed E-state index contributed by atoms with van der Waals surface area (Å²) in [5, 5.41) is 3.18. The number of rotatable bonds is 2. The van der Waals surface area contributed by atoms with E-state index in [9.17, 15) is 4.79 Å². The van der Waals surface area contributed by atoms with Crippen molar-refractivity contribution in [1.82, 2.24) is 15.3 Å². The first-order valence-corrected chi connectivity index (χ1v) is 5.91. The second-order valence-corrected chi connectivity index (χ2v) is 5.40. The number of nitrogens with one attached hydrogen (secondary N) is 2. The molecule has 2 N–H and O–H groups in total. The molecule has 0 saturated carbocycles. The van der Waals surface area contributed by atoms with Gasteiger partial charge in [0.05, 0.1) is 0 Å². The summed E-state index contributed by atoms with van der Waals surface area (Å²) < 4.78 is 5.36. The number of H-pyrrole nitrogens is 1. The van der Waals surface area contributed by atoms with E-state index in [1.807, 2.05) is 20.8 Å². The van der Waals surface area contributed by atoms with Gasteiger partial charge in [0, 0.05) is 24.9 Å². The van der Waals surface area contributed by atoms with E-state index in [1.54, 1.807) is 12.4 Å². The number of aromatic amines is 1. The molecular weight excluding hydrogens is 218 g/mol. The number of hydrogen-bond donors (Lipinski definition) is 2. The van der Waals surface area contributed by atoms with Crippen LogP contribution >= 0.6 is 0 Å². The molecule has 2 atom stereocenters. The van der Waals surface area contributed by atoms with Crippen LogP contribution in [0.3, 0.4) is 0 Å². The van der Waals surface area contributed by atoms with Crippen LogP contribution in [0.25, 0.3) is 0 Å². The largest absolute Gasteiger partial charge is 0.459 e. The SMILES string of the molecule is CC(C)(C)OC(=O)C1CC(c2ncc[nH]2)CN1. The Labute approximate surface area is 101 Å². The second kappa shape index (κ2) is 4.49. The van der Waals surface area contributed by atoms with Crippen molar-refractivity contribution in [1.29, 1.82) is 0 Å². The summed E-state index contributed by atoms with van der Waals surface area (Å²) in [6, 6.07) is -0.218. The maximum absolute atomic E-state index is 11.9. The lowest BCUT2D eigenvalue weighted by molar-refractivity contribution is -0.157. The molecule has 17 heavy (non-hydrogen) atoms. The molecule has 0 spiro atoms. The standard InChI is InChI=1S/C12H19N3O2/c1-12(2,3)17-11(16)9-6-8(7-15-9)10-13-4-5-14-10/h4-5,8-9,15H,6-7H2,1-3H3,(H,13,14). The topological polar surface area (TPSA) is 67.0 Å². The van der Waals surface area contributed by atoms with Crippen LogP contribution in [-0.4, -0.2) is 34.1 Å². The van der Waals surface area contributed by atoms with Crippen LogP contribution in [0.4, 0.5) is 0 Å². The molecule has 5 heteroatoms. The highest BCUT2D eigenvalue weighted by molar-refractivity contribution is 5.76. The number of hydrogen-bond acceptors (Lipinski definition) is 4. The minimum absolute atomic E-state index is 0.174. The van der Waals surface area contributed by atoms with E-state index < -0.39 is 5.60 Å². The Bertz CT molecular complexity index is 381. The Kier molecular flexibility index (Phi) is 3.19. The third-order valence-electron chi connectivity index (χ3n) is 2.73. The molecule has 0 bridgehead atoms. The molecule has 1 aliphatic heterocycles. The molecular formula is C12H19N3O2. The summed E-state index contributed by atoms with van der Waals surface area (Å²) in [7, 11) is 0. The van der Waals surface area contributed by atoms with Crippen molar-refractivity contribution in [3.05, 3.63) is 18.2 Å². The molecule has 0 amide bonds. The minimum Gasteiger partial charge on any atom is -0.459 e. The Hall–Kier alpha value is -1.36. The fraction of sp³-hybridized carbons (Fsp3) is 0.667. The van der Waals surface area contributed by atoms with Crippen LogP contribution in [0.5, 0.6) is 0 Å². The maximum atomic E-state index is 11.9. The number of nitrogens with zero attached hydrogens (tertiary/aromatic N) is 1. The van der Waals surface area contributed by atoms with E-state index in [0.717, 1.165) is 18.8 Å². The van der Waals surface area contributed by atoms with E-state index in [-0.39, 0.29) is 17.9 Å². The van der Waals surface area contributed by atoms with Gasteiger partial charge >= 0.3 is 5.97 Å². The third kappa shape index (κ3) is 3.06. The van der Waals surface area contributed by atoms with Crippen LogP contribution in [-0.2, 0) is 9.53 Å². The molecule has 0 aromatic carbocycles. The zero-order valence-corrected chi connectivity index (χ0v) is 10.5. The normalized spacial score (nSPS) is 24.9. The van der Waals surface area contributed by atoms with Gasteiger partial charge in [-0.1, -0.05) is 0 Å². The van der Waals surface area contributed by atoms with Gasteiger partial charge in [-0.05, 0) is 27.2 Å². The molecule has 94 valence electrons. The van der Waals surface area contributed by atoms with Gasteiger partial charge < -0.3 is 15.0 Å². The Balaban J connectivity index is 1.92. The molecule has 0 radical (unpaired) electrons. The smallest absolute Gasteiger partial charge is 0.323 e. The Morgan fingerprint density at radius 1 is 1.53 bits per heavy atom. The van der Waals surface area contributed by atoms with Crippen molar-refractivity contribution in [3.63, 3.8) is 0 Å².